The van der Waals surface area contributed by atoms with Gasteiger partial charge in [0.2, 0.25) is 0 Å². The average Bonchev–Trinajstić information content (AvgIpc) is 2.61. The van der Waals surface area contributed by atoms with Crippen molar-refractivity contribution < 1.29 is 9.47 Å². The highest BCUT2D eigenvalue weighted by molar-refractivity contribution is 6.31. The fourth-order valence-corrected chi connectivity index (χ4v) is 3.06. The van der Waals surface area contributed by atoms with Crippen molar-refractivity contribution in [2.45, 2.75) is 25.7 Å². The summed E-state index contributed by atoms with van der Waals surface area (Å²) >= 11 is 6.27. The quantitative estimate of drug-likeness (QED) is 0.755. The molecule has 3 rings (SSSR count). The van der Waals surface area contributed by atoms with Crippen LogP contribution in [0.25, 0.3) is 5.57 Å². The van der Waals surface area contributed by atoms with Crippen LogP contribution in [0.1, 0.15) is 31.2 Å². The minimum atomic E-state index is 0.537. The van der Waals surface area contributed by atoms with Crippen LogP contribution in [0.5, 0.6) is 11.5 Å². The lowest BCUT2D eigenvalue weighted by Gasteiger charge is -2.21. The molecule has 0 spiro atoms. The molecule has 23 heavy (non-hydrogen) atoms. The first-order valence-electron chi connectivity index (χ1n) is 7.71. The first-order valence-corrected chi connectivity index (χ1v) is 8.09. The summed E-state index contributed by atoms with van der Waals surface area (Å²) in [4.78, 5) is 8.31. The highest BCUT2D eigenvalue weighted by Gasteiger charge is 2.17. The minimum absolute atomic E-state index is 0.537. The molecular formula is C18H19ClN2O2. The number of halogens is 1. The summed E-state index contributed by atoms with van der Waals surface area (Å²) in [6.45, 7) is 0.537. The molecule has 0 unspecified atom stereocenters. The van der Waals surface area contributed by atoms with E-state index in [4.69, 9.17) is 21.1 Å². The van der Waals surface area contributed by atoms with Crippen LogP contribution in [0.4, 0.5) is 0 Å². The van der Waals surface area contributed by atoms with Crippen LogP contribution < -0.4 is 9.47 Å². The zero-order valence-electron chi connectivity index (χ0n) is 13.1. The van der Waals surface area contributed by atoms with E-state index in [1.165, 1.54) is 24.0 Å². The van der Waals surface area contributed by atoms with Crippen molar-refractivity contribution in [2.24, 2.45) is 0 Å². The Balaban J connectivity index is 1.82. The number of pyridine rings is 2. The zero-order valence-corrected chi connectivity index (χ0v) is 13.8. The molecule has 0 atom stereocenters. The van der Waals surface area contributed by atoms with Crippen LogP contribution in [0.2, 0.25) is 5.15 Å². The highest BCUT2D eigenvalue weighted by Crippen LogP contribution is 2.35. The van der Waals surface area contributed by atoms with Crippen molar-refractivity contribution >= 4 is 17.2 Å². The van der Waals surface area contributed by atoms with E-state index in [0.717, 1.165) is 18.4 Å². The Morgan fingerprint density at radius 2 is 2.00 bits per heavy atom. The molecule has 2 heterocycles. The SMILES string of the molecule is COc1cncc(OCC2=C(c3cccnc3Cl)CCCC2)c1. The summed E-state index contributed by atoms with van der Waals surface area (Å²) in [7, 11) is 1.62. The first kappa shape index (κ1) is 15.8. The maximum absolute atomic E-state index is 6.27. The van der Waals surface area contributed by atoms with Crippen LogP contribution in [-0.2, 0) is 0 Å². The van der Waals surface area contributed by atoms with Crippen molar-refractivity contribution in [1.29, 1.82) is 0 Å². The van der Waals surface area contributed by atoms with Gasteiger partial charge in [-0.2, -0.15) is 0 Å². The fraction of sp³-hybridized carbons (Fsp3) is 0.333. The lowest BCUT2D eigenvalue weighted by Crippen LogP contribution is -2.09. The van der Waals surface area contributed by atoms with Crippen molar-refractivity contribution in [3.63, 3.8) is 0 Å². The van der Waals surface area contributed by atoms with Gasteiger partial charge in [0, 0.05) is 17.8 Å². The predicted molar refractivity (Wildman–Crippen MR) is 90.9 cm³/mol. The smallest absolute Gasteiger partial charge is 0.141 e. The van der Waals surface area contributed by atoms with E-state index in [9.17, 15) is 0 Å². The molecule has 0 bridgehead atoms. The molecule has 5 heteroatoms. The Labute approximate surface area is 141 Å². The Hall–Kier alpha value is -2.07. The summed E-state index contributed by atoms with van der Waals surface area (Å²) < 4.78 is 11.1. The van der Waals surface area contributed by atoms with Crippen LogP contribution >= 0.6 is 11.6 Å². The number of nitrogens with zero attached hydrogens (tertiary/aromatic N) is 2. The Bertz CT molecular complexity index is 716. The van der Waals surface area contributed by atoms with Crippen molar-refractivity contribution in [1.82, 2.24) is 9.97 Å². The van der Waals surface area contributed by atoms with Gasteiger partial charge in [-0.05, 0) is 42.9 Å². The van der Waals surface area contributed by atoms with Gasteiger partial charge >= 0.3 is 0 Å². The standard InChI is InChI=1S/C18H19ClN2O2/c1-22-14-9-15(11-20-10-14)23-12-13-5-2-3-6-16(13)17-7-4-8-21-18(17)19/h4,7-11H,2-3,5-6,12H2,1H3. The molecule has 4 nitrogen and oxygen atoms in total. The molecule has 0 aromatic carbocycles. The lowest BCUT2D eigenvalue weighted by atomic mass is 9.88. The molecule has 0 amide bonds. The van der Waals surface area contributed by atoms with Crippen LogP contribution in [-0.4, -0.2) is 23.7 Å². The normalized spacial score (nSPS) is 14.7. The molecular weight excluding hydrogens is 312 g/mol. The van der Waals surface area contributed by atoms with Gasteiger partial charge < -0.3 is 9.47 Å². The molecule has 1 aliphatic rings. The topological polar surface area (TPSA) is 44.2 Å². The van der Waals surface area contributed by atoms with Crippen LogP contribution in [0.3, 0.4) is 0 Å². The monoisotopic (exact) mass is 330 g/mol. The zero-order chi connectivity index (χ0) is 16.1. The van der Waals surface area contributed by atoms with Crippen molar-refractivity contribution in [3.05, 3.63) is 53.1 Å². The average molecular weight is 331 g/mol. The molecule has 0 aliphatic heterocycles. The summed E-state index contributed by atoms with van der Waals surface area (Å²) in [6, 6.07) is 5.80. The highest BCUT2D eigenvalue weighted by atomic mass is 35.5. The number of methoxy groups -OCH3 is 1. The largest absolute Gasteiger partial charge is 0.495 e. The Morgan fingerprint density at radius 1 is 1.17 bits per heavy atom. The summed E-state index contributed by atoms with van der Waals surface area (Å²) in [5.74, 6) is 1.40. The third kappa shape index (κ3) is 3.82. The van der Waals surface area contributed by atoms with E-state index in [2.05, 4.69) is 9.97 Å². The van der Waals surface area contributed by atoms with Gasteiger partial charge in [-0.1, -0.05) is 17.7 Å². The summed E-state index contributed by atoms with van der Waals surface area (Å²) in [6.07, 6.45) is 9.46. The van der Waals surface area contributed by atoms with E-state index in [-0.39, 0.29) is 0 Å². The number of hydrogen-bond donors (Lipinski definition) is 0. The van der Waals surface area contributed by atoms with Gasteiger partial charge in [0.15, 0.2) is 0 Å². The number of hydrogen-bond acceptors (Lipinski definition) is 4. The summed E-state index contributed by atoms with van der Waals surface area (Å²) in [5.41, 5.74) is 3.58. The number of allylic oxidation sites excluding steroid dienone is 1. The lowest BCUT2D eigenvalue weighted by molar-refractivity contribution is 0.338. The molecule has 0 fully saturated rings. The predicted octanol–water partition coefficient (Wildman–Crippen LogP) is 4.55. The summed E-state index contributed by atoms with van der Waals surface area (Å²) in [5, 5.41) is 0.560. The van der Waals surface area contributed by atoms with E-state index >= 15 is 0 Å². The van der Waals surface area contributed by atoms with Gasteiger partial charge in [0.05, 0.1) is 19.5 Å². The molecule has 0 N–H and O–H groups in total. The third-order valence-corrected chi connectivity index (χ3v) is 4.30. The Morgan fingerprint density at radius 3 is 2.83 bits per heavy atom. The van der Waals surface area contributed by atoms with E-state index < -0.39 is 0 Å². The Kier molecular flexibility index (Phi) is 5.13. The molecule has 0 radical (unpaired) electrons. The fourth-order valence-electron chi connectivity index (χ4n) is 2.82. The van der Waals surface area contributed by atoms with Gasteiger partial charge in [0.25, 0.3) is 0 Å². The van der Waals surface area contributed by atoms with E-state index in [1.807, 2.05) is 18.2 Å². The first-order chi connectivity index (χ1) is 11.3. The van der Waals surface area contributed by atoms with Gasteiger partial charge in [0.1, 0.15) is 23.3 Å². The maximum Gasteiger partial charge on any atom is 0.141 e. The van der Waals surface area contributed by atoms with Crippen LogP contribution in [0.15, 0.2) is 42.4 Å². The van der Waals surface area contributed by atoms with Crippen LogP contribution in [0, 0.1) is 0 Å². The second kappa shape index (κ2) is 7.47. The maximum atomic E-state index is 6.27. The number of rotatable bonds is 5. The van der Waals surface area contributed by atoms with Gasteiger partial charge in [-0.25, -0.2) is 4.98 Å². The van der Waals surface area contributed by atoms with Gasteiger partial charge in [-0.3, -0.25) is 4.98 Å². The third-order valence-electron chi connectivity index (χ3n) is 4.00. The second-order valence-electron chi connectivity index (χ2n) is 5.48. The molecule has 2 aromatic heterocycles. The molecule has 1 aliphatic carbocycles. The molecule has 0 saturated heterocycles. The van der Waals surface area contributed by atoms with E-state index in [1.54, 1.807) is 25.7 Å². The van der Waals surface area contributed by atoms with Crippen molar-refractivity contribution in [2.75, 3.05) is 13.7 Å². The molecule has 0 saturated carbocycles. The van der Waals surface area contributed by atoms with Crippen molar-refractivity contribution in [3.8, 4) is 11.5 Å². The molecule has 120 valence electrons. The minimum Gasteiger partial charge on any atom is -0.495 e. The van der Waals surface area contributed by atoms with E-state index in [0.29, 0.717) is 23.3 Å². The second-order valence-corrected chi connectivity index (χ2v) is 5.84. The number of aromatic nitrogens is 2. The molecule has 2 aromatic rings. The van der Waals surface area contributed by atoms with Gasteiger partial charge in [-0.15, -0.1) is 0 Å². The number of ether oxygens (including phenoxy) is 2.